The van der Waals surface area contributed by atoms with Crippen molar-refractivity contribution in [2.24, 2.45) is 10.1 Å². The minimum Gasteiger partial charge on any atom is -0.377 e. The Morgan fingerprint density at radius 2 is 1.97 bits per heavy atom. The van der Waals surface area contributed by atoms with E-state index in [1.807, 2.05) is 6.92 Å². The Bertz CT molecular complexity index is 1300. The summed E-state index contributed by atoms with van der Waals surface area (Å²) < 4.78 is 30.0. The maximum atomic E-state index is 12.5. The normalized spacial score (nSPS) is 17.3. The monoisotopic (exact) mass is 488 g/mol. The molecule has 2 heterocycles. The number of hydrazone groups is 1. The zero-order valence-electron chi connectivity index (χ0n) is 16.8. The molecule has 2 aromatic rings. The first-order valence-electron chi connectivity index (χ1n) is 9.56. The van der Waals surface area contributed by atoms with Gasteiger partial charge in [-0.2, -0.15) is 23.5 Å². The van der Waals surface area contributed by atoms with Crippen molar-refractivity contribution < 1.29 is 17.4 Å². The van der Waals surface area contributed by atoms with E-state index in [-0.39, 0.29) is 27.1 Å². The molecule has 0 atom stereocenters. The number of benzene rings is 2. The number of rotatable bonds is 6. The van der Waals surface area contributed by atoms with E-state index in [2.05, 4.69) is 10.1 Å². The van der Waals surface area contributed by atoms with Gasteiger partial charge in [0.25, 0.3) is 5.91 Å². The van der Waals surface area contributed by atoms with Crippen molar-refractivity contribution in [1.29, 1.82) is 5.41 Å². The third kappa shape index (κ3) is 4.47. The van der Waals surface area contributed by atoms with E-state index in [4.69, 9.17) is 21.2 Å². The molecule has 2 aromatic carbocycles. The number of nitrogens with zero attached hydrogens (tertiary/aromatic N) is 3. The van der Waals surface area contributed by atoms with Gasteiger partial charge in [0.1, 0.15) is 9.94 Å². The van der Waals surface area contributed by atoms with Gasteiger partial charge in [-0.05, 0) is 60.5 Å². The largest absolute Gasteiger partial charge is 0.377 e. The molecule has 2 aliphatic heterocycles. The highest BCUT2D eigenvalue weighted by Crippen LogP contribution is 2.32. The summed E-state index contributed by atoms with van der Waals surface area (Å²) in [6, 6.07) is 12.1. The molecule has 4 rings (SSSR count). The number of nitrogens with one attached hydrogen (secondary N) is 1. The van der Waals surface area contributed by atoms with Crippen LogP contribution < -0.4 is 4.18 Å². The molecule has 1 N–H and O–H groups in total. The topological polar surface area (TPSA) is 112 Å². The van der Waals surface area contributed by atoms with Crippen LogP contribution in [0.3, 0.4) is 0 Å². The second-order valence-electron chi connectivity index (χ2n) is 6.80. The molecule has 0 fully saturated rings. The van der Waals surface area contributed by atoms with Crippen LogP contribution in [0.15, 0.2) is 69.1 Å². The quantitative estimate of drug-likeness (QED) is 0.472. The molecule has 0 aromatic heterocycles. The molecule has 2 aliphatic rings. The minimum atomic E-state index is -4.04. The third-order valence-corrected chi connectivity index (χ3v) is 6.97. The fourth-order valence-corrected chi connectivity index (χ4v) is 5.17. The Kier molecular flexibility index (Phi) is 6.18. The fourth-order valence-electron chi connectivity index (χ4n) is 2.94. The van der Waals surface area contributed by atoms with Crippen LogP contribution in [-0.2, 0) is 14.9 Å². The number of hydrogen-bond donors (Lipinski definition) is 1. The van der Waals surface area contributed by atoms with Crippen molar-refractivity contribution in [2.75, 3.05) is 0 Å². The minimum absolute atomic E-state index is 0.00339. The SMILES string of the molecule is CCCC1=NN2C(=N)/C(=C\c3ccc(OS(=O)(=O)c4ccccc4)c(Cl)c3)C(=O)N=C2S1. The van der Waals surface area contributed by atoms with Crippen molar-refractivity contribution in [3.63, 3.8) is 0 Å². The summed E-state index contributed by atoms with van der Waals surface area (Å²) in [7, 11) is -4.04. The lowest BCUT2D eigenvalue weighted by Gasteiger charge is -2.20. The number of aliphatic imine (C=N–C) groups is 1. The number of thioether (sulfide) groups is 1. The van der Waals surface area contributed by atoms with Gasteiger partial charge in [0.2, 0.25) is 5.17 Å². The van der Waals surface area contributed by atoms with E-state index in [0.29, 0.717) is 10.7 Å². The molecule has 11 heteroatoms. The second-order valence-corrected chi connectivity index (χ2v) is 9.80. The smallest absolute Gasteiger partial charge is 0.339 e. The molecule has 0 bridgehead atoms. The van der Waals surface area contributed by atoms with Gasteiger partial charge in [0.05, 0.1) is 10.6 Å². The molecule has 0 radical (unpaired) electrons. The first kappa shape index (κ1) is 22.3. The molecule has 8 nitrogen and oxygen atoms in total. The van der Waals surface area contributed by atoms with Crippen molar-refractivity contribution >= 4 is 61.5 Å². The molecular formula is C21H17ClN4O4S2. The summed E-state index contributed by atoms with van der Waals surface area (Å²) in [5.74, 6) is -0.681. The van der Waals surface area contributed by atoms with Gasteiger partial charge >= 0.3 is 10.1 Å². The maximum absolute atomic E-state index is 12.5. The lowest BCUT2D eigenvalue weighted by Crippen LogP contribution is -2.35. The molecule has 164 valence electrons. The van der Waals surface area contributed by atoms with Gasteiger partial charge in [-0.1, -0.05) is 42.8 Å². The van der Waals surface area contributed by atoms with Crippen LogP contribution in [0.25, 0.3) is 6.08 Å². The highest BCUT2D eigenvalue weighted by molar-refractivity contribution is 8.26. The average molecular weight is 489 g/mol. The zero-order chi connectivity index (χ0) is 22.9. The molecule has 0 unspecified atom stereocenters. The van der Waals surface area contributed by atoms with Crippen LogP contribution in [0.1, 0.15) is 25.3 Å². The average Bonchev–Trinajstić information content (AvgIpc) is 3.16. The van der Waals surface area contributed by atoms with Crippen molar-refractivity contribution in [1.82, 2.24) is 5.01 Å². The number of hydrogen-bond acceptors (Lipinski definition) is 7. The Hall–Kier alpha value is -2.95. The molecule has 0 aliphatic carbocycles. The van der Waals surface area contributed by atoms with Crippen LogP contribution in [0.2, 0.25) is 5.02 Å². The predicted molar refractivity (Wildman–Crippen MR) is 126 cm³/mol. The van der Waals surface area contributed by atoms with Gasteiger partial charge in [0.15, 0.2) is 11.6 Å². The van der Waals surface area contributed by atoms with E-state index in [1.54, 1.807) is 24.3 Å². The second kappa shape index (κ2) is 8.89. The third-order valence-electron chi connectivity index (χ3n) is 4.46. The molecule has 0 saturated carbocycles. The standard InChI is InChI=1S/C21H17ClN4O4S2/c1-2-6-18-25-26-19(23)15(20(27)24-21(26)31-18)11-13-9-10-17(16(22)12-13)30-32(28,29)14-7-4-3-5-8-14/h3-5,7-12,23H,2,6H2,1H3/b15-11+,23-19?. The number of fused-ring (bicyclic) bond motifs is 1. The lowest BCUT2D eigenvalue weighted by molar-refractivity contribution is -0.114. The summed E-state index contributed by atoms with van der Waals surface area (Å²) in [6.07, 6.45) is 3.10. The molecule has 1 amide bonds. The number of amidine groups is 2. The van der Waals surface area contributed by atoms with Crippen LogP contribution in [-0.4, -0.2) is 35.4 Å². The zero-order valence-corrected chi connectivity index (χ0v) is 19.2. The lowest BCUT2D eigenvalue weighted by atomic mass is 10.1. The van der Waals surface area contributed by atoms with Crippen LogP contribution >= 0.6 is 23.4 Å². The molecule has 0 spiro atoms. The van der Waals surface area contributed by atoms with Crippen molar-refractivity contribution in [3.05, 3.63) is 64.7 Å². The van der Waals surface area contributed by atoms with E-state index >= 15 is 0 Å². The number of carbonyl (C=O) groups is 1. The molecule has 0 saturated heterocycles. The van der Waals surface area contributed by atoms with Crippen LogP contribution in [0.5, 0.6) is 5.75 Å². The Morgan fingerprint density at radius 1 is 1.22 bits per heavy atom. The predicted octanol–water partition coefficient (Wildman–Crippen LogP) is 4.53. The maximum Gasteiger partial charge on any atom is 0.339 e. The molecule has 32 heavy (non-hydrogen) atoms. The van der Waals surface area contributed by atoms with Crippen molar-refractivity contribution in [3.8, 4) is 5.75 Å². The van der Waals surface area contributed by atoms with E-state index < -0.39 is 16.0 Å². The van der Waals surface area contributed by atoms with E-state index in [9.17, 15) is 13.2 Å². The summed E-state index contributed by atoms with van der Waals surface area (Å²) in [4.78, 5) is 16.5. The van der Waals surface area contributed by atoms with E-state index in [1.165, 1.54) is 47.1 Å². The first-order chi connectivity index (χ1) is 15.3. The van der Waals surface area contributed by atoms with Crippen molar-refractivity contribution in [2.45, 2.75) is 24.7 Å². The van der Waals surface area contributed by atoms with Gasteiger partial charge in [-0.15, -0.1) is 0 Å². The Balaban J connectivity index is 1.59. The van der Waals surface area contributed by atoms with Crippen LogP contribution in [0.4, 0.5) is 0 Å². The molecular weight excluding hydrogens is 472 g/mol. The van der Waals surface area contributed by atoms with E-state index in [0.717, 1.165) is 17.9 Å². The summed E-state index contributed by atoms with van der Waals surface area (Å²) >= 11 is 7.52. The van der Waals surface area contributed by atoms with Gasteiger partial charge in [-0.3, -0.25) is 10.2 Å². The summed E-state index contributed by atoms with van der Waals surface area (Å²) in [5, 5.41) is 15.3. The summed E-state index contributed by atoms with van der Waals surface area (Å²) in [5.41, 5.74) is 0.535. The summed E-state index contributed by atoms with van der Waals surface area (Å²) in [6.45, 7) is 2.02. The highest BCUT2D eigenvalue weighted by atomic mass is 35.5. The fraction of sp³-hybridized carbons (Fsp3) is 0.143. The number of amides is 1. The van der Waals surface area contributed by atoms with Crippen LogP contribution in [0, 0.1) is 5.41 Å². The van der Waals surface area contributed by atoms with Gasteiger partial charge < -0.3 is 4.18 Å². The highest BCUT2D eigenvalue weighted by Gasteiger charge is 2.35. The number of halogens is 1. The van der Waals surface area contributed by atoms with Gasteiger partial charge in [-0.25, -0.2) is 0 Å². The number of carbonyl (C=O) groups excluding carboxylic acids is 1. The Labute approximate surface area is 194 Å². The van der Waals surface area contributed by atoms with Gasteiger partial charge in [0, 0.05) is 0 Å². The first-order valence-corrected chi connectivity index (χ1v) is 12.2. The Morgan fingerprint density at radius 3 is 2.66 bits per heavy atom.